The molecule has 0 unspecified atom stereocenters. The Labute approximate surface area is 97.3 Å². The number of amides is 1. The molecule has 0 radical (unpaired) electrons. The van der Waals surface area contributed by atoms with Crippen LogP contribution in [0.1, 0.15) is 24.8 Å². The van der Waals surface area contributed by atoms with Gasteiger partial charge < -0.3 is 4.90 Å². The molecule has 0 bridgehead atoms. The fourth-order valence-electron chi connectivity index (χ4n) is 1.95. The van der Waals surface area contributed by atoms with Gasteiger partial charge in [0.1, 0.15) is 0 Å². The third-order valence-corrected chi connectivity index (χ3v) is 3.09. The molecule has 0 saturated heterocycles. The Morgan fingerprint density at radius 2 is 2.00 bits per heavy atom. The maximum absolute atomic E-state index is 10.8. The van der Waals surface area contributed by atoms with Crippen LogP contribution in [0.5, 0.6) is 0 Å². The normalized spacial score (nSPS) is 14.8. The molecule has 0 spiro atoms. The molecule has 0 N–H and O–H groups in total. The lowest BCUT2D eigenvalue weighted by molar-refractivity contribution is -0.118. The lowest BCUT2D eigenvalue weighted by atomic mass is 10.1. The van der Waals surface area contributed by atoms with E-state index in [1.165, 1.54) is 18.4 Å². The monoisotopic (exact) mass is 217 g/mol. The molecular weight excluding hydrogens is 198 g/mol. The van der Waals surface area contributed by atoms with Gasteiger partial charge in [0.25, 0.3) is 0 Å². The summed E-state index contributed by atoms with van der Waals surface area (Å²) in [6, 6.07) is 10.5. The summed E-state index contributed by atoms with van der Waals surface area (Å²) in [7, 11) is 0. The van der Waals surface area contributed by atoms with Crippen molar-refractivity contribution in [2.24, 2.45) is 5.92 Å². The second-order valence-electron chi connectivity index (χ2n) is 4.63. The third kappa shape index (κ3) is 3.69. The van der Waals surface area contributed by atoms with Crippen LogP contribution >= 0.6 is 0 Å². The summed E-state index contributed by atoms with van der Waals surface area (Å²) < 4.78 is 0. The van der Waals surface area contributed by atoms with Crippen molar-refractivity contribution in [3.05, 3.63) is 35.9 Å². The first-order valence-electron chi connectivity index (χ1n) is 6.12. The van der Waals surface area contributed by atoms with Crippen molar-refractivity contribution in [3.63, 3.8) is 0 Å². The lowest BCUT2D eigenvalue weighted by Crippen LogP contribution is -2.25. The van der Waals surface area contributed by atoms with Gasteiger partial charge >= 0.3 is 0 Å². The van der Waals surface area contributed by atoms with Crippen LogP contribution in [0.3, 0.4) is 0 Å². The molecule has 0 atom stereocenters. The number of nitrogens with zero attached hydrogens (tertiary/aromatic N) is 1. The minimum Gasteiger partial charge on any atom is -0.345 e. The average molecular weight is 217 g/mol. The molecule has 1 aliphatic rings. The molecule has 1 aromatic carbocycles. The van der Waals surface area contributed by atoms with E-state index < -0.39 is 0 Å². The smallest absolute Gasteiger partial charge is 0.209 e. The molecule has 2 rings (SSSR count). The third-order valence-electron chi connectivity index (χ3n) is 3.09. The van der Waals surface area contributed by atoms with Crippen LogP contribution in [-0.2, 0) is 11.2 Å². The first-order valence-corrected chi connectivity index (χ1v) is 6.12. The zero-order chi connectivity index (χ0) is 11.2. The summed E-state index contributed by atoms with van der Waals surface area (Å²) in [6.45, 7) is 1.87. The van der Waals surface area contributed by atoms with Crippen molar-refractivity contribution in [2.45, 2.75) is 25.7 Å². The summed E-state index contributed by atoms with van der Waals surface area (Å²) in [5.74, 6) is 0.793. The maximum atomic E-state index is 10.8. The minimum absolute atomic E-state index is 0.793. The van der Waals surface area contributed by atoms with E-state index in [0.29, 0.717) is 0 Å². The molecule has 1 aromatic rings. The summed E-state index contributed by atoms with van der Waals surface area (Å²) in [5.41, 5.74) is 1.36. The van der Waals surface area contributed by atoms with Gasteiger partial charge in [0.2, 0.25) is 6.41 Å². The van der Waals surface area contributed by atoms with E-state index in [1.54, 1.807) is 0 Å². The molecule has 2 heteroatoms. The summed E-state index contributed by atoms with van der Waals surface area (Å²) in [6.07, 6.45) is 5.75. The van der Waals surface area contributed by atoms with E-state index in [1.807, 2.05) is 11.0 Å². The highest BCUT2D eigenvalue weighted by Gasteiger charge is 2.23. The van der Waals surface area contributed by atoms with Crippen molar-refractivity contribution < 1.29 is 4.79 Å². The predicted molar refractivity (Wildman–Crippen MR) is 65.1 cm³/mol. The molecule has 1 amide bonds. The molecule has 86 valence electrons. The Balaban J connectivity index is 1.67. The zero-order valence-corrected chi connectivity index (χ0v) is 9.64. The average Bonchev–Trinajstić information content (AvgIpc) is 3.13. The van der Waals surface area contributed by atoms with Crippen LogP contribution in [0.2, 0.25) is 0 Å². The number of hydrogen-bond acceptors (Lipinski definition) is 1. The standard InChI is InChI=1S/C14H19NO/c16-12-15(11-14-8-9-14)10-4-7-13-5-2-1-3-6-13/h1-3,5-6,12,14H,4,7-11H2. The number of carbonyl (C=O) groups excluding carboxylic acids is 1. The Hall–Kier alpha value is -1.31. The van der Waals surface area contributed by atoms with Crippen molar-refractivity contribution >= 4 is 6.41 Å². The zero-order valence-electron chi connectivity index (χ0n) is 9.64. The van der Waals surface area contributed by atoms with E-state index in [4.69, 9.17) is 0 Å². The van der Waals surface area contributed by atoms with Crippen LogP contribution in [-0.4, -0.2) is 24.4 Å². The molecule has 0 aromatic heterocycles. The van der Waals surface area contributed by atoms with Crippen LogP contribution in [0.4, 0.5) is 0 Å². The molecule has 16 heavy (non-hydrogen) atoms. The number of carbonyl (C=O) groups is 1. The van der Waals surface area contributed by atoms with E-state index >= 15 is 0 Å². The van der Waals surface area contributed by atoms with Gasteiger partial charge in [-0.1, -0.05) is 30.3 Å². The van der Waals surface area contributed by atoms with E-state index in [2.05, 4.69) is 24.3 Å². The first-order chi connectivity index (χ1) is 7.88. The molecule has 1 saturated carbocycles. The van der Waals surface area contributed by atoms with Crippen LogP contribution in [0.25, 0.3) is 0 Å². The van der Waals surface area contributed by atoms with Gasteiger partial charge in [-0.05, 0) is 37.2 Å². The van der Waals surface area contributed by atoms with Crippen molar-refractivity contribution in [3.8, 4) is 0 Å². The second-order valence-corrected chi connectivity index (χ2v) is 4.63. The molecular formula is C14H19NO. The van der Waals surface area contributed by atoms with Gasteiger partial charge in [0.05, 0.1) is 0 Å². The highest BCUT2D eigenvalue weighted by Crippen LogP contribution is 2.29. The van der Waals surface area contributed by atoms with Crippen molar-refractivity contribution in [1.82, 2.24) is 4.90 Å². The minimum atomic E-state index is 0.793. The Bertz CT molecular complexity index is 319. The topological polar surface area (TPSA) is 20.3 Å². The fraction of sp³-hybridized carbons (Fsp3) is 0.500. The van der Waals surface area contributed by atoms with Gasteiger partial charge in [-0.15, -0.1) is 0 Å². The molecule has 0 heterocycles. The summed E-state index contributed by atoms with van der Waals surface area (Å²) in [5, 5.41) is 0. The molecule has 2 nitrogen and oxygen atoms in total. The molecule has 1 fully saturated rings. The van der Waals surface area contributed by atoms with E-state index in [0.717, 1.165) is 38.3 Å². The Kier molecular flexibility index (Phi) is 3.97. The fourth-order valence-corrected chi connectivity index (χ4v) is 1.95. The van der Waals surface area contributed by atoms with Crippen LogP contribution in [0, 0.1) is 5.92 Å². The summed E-state index contributed by atoms with van der Waals surface area (Å²) >= 11 is 0. The lowest BCUT2D eigenvalue weighted by Gasteiger charge is -2.16. The van der Waals surface area contributed by atoms with E-state index in [-0.39, 0.29) is 0 Å². The van der Waals surface area contributed by atoms with Gasteiger partial charge in [-0.2, -0.15) is 0 Å². The quantitative estimate of drug-likeness (QED) is 0.643. The largest absolute Gasteiger partial charge is 0.345 e. The number of aryl methyl sites for hydroxylation is 1. The predicted octanol–water partition coefficient (Wildman–Crippen LogP) is 2.49. The van der Waals surface area contributed by atoms with Crippen molar-refractivity contribution in [1.29, 1.82) is 0 Å². The van der Waals surface area contributed by atoms with Crippen LogP contribution < -0.4 is 0 Å². The molecule has 0 aliphatic heterocycles. The first kappa shape index (κ1) is 11.2. The maximum Gasteiger partial charge on any atom is 0.209 e. The Morgan fingerprint density at radius 3 is 2.62 bits per heavy atom. The highest BCUT2D eigenvalue weighted by molar-refractivity contribution is 5.47. The van der Waals surface area contributed by atoms with Crippen LogP contribution in [0.15, 0.2) is 30.3 Å². The Morgan fingerprint density at radius 1 is 1.25 bits per heavy atom. The number of rotatable bonds is 7. The van der Waals surface area contributed by atoms with Gasteiger partial charge in [0, 0.05) is 13.1 Å². The van der Waals surface area contributed by atoms with E-state index in [9.17, 15) is 4.79 Å². The van der Waals surface area contributed by atoms with Crippen molar-refractivity contribution in [2.75, 3.05) is 13.1 Å². The summed E-state index contributed by atoms with van der Waals surface area (Å²) in [4.78, 5) is 12.8. The number of benzene rings is 1. The second kappa shape index (κ2) is 5.69. The number of hydrogen-bond donors (Lipinski definition) is 0. The highest BCUT2D eigenvalue weighted by atomic mass is 16.1. The van der Waals surface area contributed by atoms with Gasteiger partial charge in [-0.3, -0.25) is 4.79 Å². The van der Waals surface area contributed by atoms with Gasteiger partial charge in [0.15, 0.2) is 0 Å². The van der Waals surface area contributed by atoms with Gasteiger partial charge in [-0.25, -0.2) is 0 Å². The molecule has 1 aliphatic carbocycles. The SMILES string of the molecule is O=CN(CCCc1ccccc1)CC1CC1.